The summed E-state index contributed by atoms with van der Waals surface area (Å²) in [5.41, 5.74) is 2.07. The monoisotopic (exact) mass is 390 g/mol. The second kappa shape index (κ2) is 9.01. The van der Waals surface area contributed by atoms with E-state index in [1.54, 1.807) is 24.4 Å². The van der Waals surface area contributed by atoms with Crippen molar-refractivity contribution in [1.82, 2.24) is 9.97 Å². The molecular weight excluding hydrogens is 371 g/mol. The molecule has 136 valence electrons. The Bertz CT molecular complexity index is 785. The van der Waals surface area contributed by atoms with Crippen LogP contribution in [0.3, 0.4) is 0 Å². The lowest BCUT2D eigenvalue weighted by atomic mass is 9.97. The van der Waals surface area contributed by atoms with Crippen LogP contribution in [0.15, 0.2) is 42.2 Å². The third-order valence-electron chi connectivity index (χ3n) is 4.22. The van der Waals surface area contributed by atoms with Gasteiger partial charge in [-0.25, -0.2) is 9.97 Å². The van der Waals surface area contributed by atoms with E-state index in [0.717, 1.165) is 13.0 Å². The number of benzene rings is 1. The fourth-order valence-corrected chi connectivity index (χ4v) is 3.31. The zero-order valence-electron chi connectivity index (χ0n) is 14.3. The lowest BCUT2D eigenvalue weighted by molar-refractivity contribution is 0.102. The highest BCUT2D eigenvalue weighted by Gasteiger charge is 2.13. The van der Waals surface area contributed by atoms with Crippen LogP contribution in [0, 0.1) is 0 Å². The molecule has 0 unspecified atom stereocenters. The van der Waals surface area contributed by atoms with Crippen LogP contribution in [0.5, 0.6) is 0 Å². The number of hydrogen-bond donors (Lipinski definition) is 2. The Morgan fingerprint density at radius 2 is 1.92 bits per heavy atom. The lowest BCUT2D eigenvalue weighted by Crippen LogP contribution is -2.15. The molecule has 0 saturated heterocycles. The van der Waals surface area contributed by atoms with E-state index in [1.807, 2.05) is 0 Å². The minimum Gasteiger partial charge on any atom is -0.368 e. The van der Waals surface area contributed by atoms with Crippen molar-refractivity contribution < 1.29 is 4.79 Å². The summed E-state index contributed by atoms with van der Waals surface area (Å²) in [6, 6.07) is 5.02. The third-order valence-corrected chi connectivity index (χ3v) is 4.85. The highest BCUT2D eigenvalue weighted by molar-refractivity contribution is 6.39. The van der Waals surface area contributed by atoms with E-state index < -0.39 is 5.91 Å². The van der Waals surface area contributed by atoms with Crippen molar-refractivity contribution in [1.29, 1.82) is 0 Å². The molecule has 1 amide bonds. The molecule has 0 atom stereocenters. The Morgan fingerprint density at radius 3 is 2.58 bits per heavy atom. The average molecular weight is 391 g/mol. The predicted molar refractivity (Wildman–Crippen MR) is 106 cm³/mol. The van der Waals surface area contributed by atoms with Gasteiger partial charge in [-0.1, -0.05) is 40.9 Å². The van der Waals surface area contributed by atoms with Crippen LogP contribution >= 0.6 is 23.2 Å². The van der Waals surface area contributed by atoms with Gasteiger partial charge in [0.15, 0.2) is 0 Å². The number of nitrogens with zero attached hydrogens (tertiary/aromatic N) is 2. The first-order chi connectivity index (χ1) is 12.6. The molecule has 2 aromatic rings. The predicted octanol–water partition coefficient (Wildman–Crippen LogP) is 5.34. The van der Waals surface area contributed by atoms with Crippen molar-refractivity contribution in [2.75, 3.05) is 17.2 Å². The van der Waals surface area contributed by atoms with Gasteiger partial charge >= 0.3 is 0 Å². The van der Waals surface area contributed by atoms with E-state index in [2.05, 4.69) is 26.7 Å². The smallest absolute Gasteiger partial charge is 0.275 e. The number of carbonyl (C=O) groups is 1. The van der Waals surface area contributed by atoms with Gasteiger partial charge in [-0.2, -0.15) is 0 Å². The number of aromatic nitrogens is 2. The number of nitrogens with one attached hydrogen (secondary N) is 2. The fourth-order valence-electron chi connectivity index (χ4n) is 2.81. The summed E-state index contributed by atoms with van der Waals surface area (Å²) in [5, 5.41) is 6.64. The number of amides is 1. The Balaban J connectivity index is 1.55. The molecule has 7 heteroatoms. The highest BCUT2D eigenvalue weighted by Crippen LogP contribution is 2.30. The first-order valence-electron chi connectivity index (χ1n) is 8.62. The summed E-state index contributed by atoms with van der Waals surface area (Å²) in [4.78, 5) is 20.7. The van der Waals surface area contributed by atoms with Crippen LogP contribution < -0.4 is 10.6 Å². The van der Waals surface area contributed by atoms with Gasteiger partial charge in [0.1, 0.15) is 11.5 Å². The highest BCUT2D eigenvalue weighted by atomic mass is 35.5. The van der Waals surface area contributed by atoms with Crippen LogP contribution in [0.4, 0.5) is 11.5 Å². The molecule has 0 bridgehead atoms. The molecule has 1 aromatic heterocycles. The van der Waals surface area contributed by atoms with Gasteiger partial charge in [0.25, 0.3) is 5.91 Å². The zero-order valence-corrected chi connectivity index (χ0v) is 15.8. The fraction of sp³-hybridized carbons (Fsp3) is 0.316. The number of allylic oxidation sites excluding steroid dienone is 1. The Hall–Kier alpha value is -2.11. The molecule has 3 rings (SSSR count). The van der Waals surface area contributed by atoms with Crippen LogP contribution in [-0.4, -0.2) is 22.4 Å². The van der Waals surface area contributed by atoms with Crippen LogP contribution in [0.25, 0.3) is 0 Å². The summed E-state index contributed by atoms with van der Waals surface area (Å²) in [6.45, 7) is 0.807. The largest absolute Gasteiger partial charge is 0.368 e. The number of hydrogen-bond acceptors (Lipinski definition) is 4. The van der Waals surface area contributed by atoms with Crippen molar-refractivity contribution in [2.24, 2.45) is 0 Å². The molecular formula is C19H20Cl2N4O. The van der Waals surface area contributed by atoms with Crippen molar-refractivity contribution in [3.8, 4) is 0 Å². The molecule has 1 aliphatic carbocycles. The van der Waals surface area contributed by atoms with Crippen molar-refractivity contribution in [3.63, 3.8) is 0 Å². The molecule has 1 aromatic carbocycles. The van der Waals surface area contributed by atoms with Crippen LogP contribution in [0.2, 0.25) is 10.0 Å². The van der Waals surface area contributed by atoms with Gasteiger partial charge in [-0.05, 0) is 44.2 Å². The number of halogens is 2. The van der Waals surface area contributed by atoms with Gasteiger partial charge in [-0.15, -0.1) is 0 Å². The van der Waals surface area contributed by atoms with Gasteiger partial charge in [0.2, 0.25) is 0 Å². The number of carbonyl (C=O) groups excluding carboxylic acids is 1. The molecule has 5 nitrogen and oxygen atoms in total. The summed E-state index contributed by atoms with van der Waals surface area (Å²) in [6.07, 6.45) is 11.3. The lowest BCUT2D eigenvalue weighted by Gasteiger charge is -2.13. The van der Waals surface area contributed by atoms with Crippen molar-refractivity contribution in [3.05, 3.63) is 58.0 Å². The standard InChI is InChI=1S/C19H20Cl2N4O/c20-14-7-4-8-15(21)18(14)25-19(26)16-11-24-17(12-23-16)22-10-9-13-5-2-1-3-6-13/h4-5,7-8,11-12H,1-3,6,9-10H2,(H,22,24)(H,25,26). The maximum atomic E-state index is 12.3. The Labute approximate surface area is 162 Å². The van der Waals surface area contributed by atoms with E-state index >= 15 is 0 Å². The maximum absolute atomic E-state index is 12.3. The first-order valence-corrected chi connectivity index (χ1v) is 9.38. The van der Waals surface area contributed by atoms with Gasteiger partial charge in [0.05, 0.1) is 28.1 Å². The second-order valence-corrected chi connectivity index (χ2v) is 6.94. The molecule has 0 saturated carbocycles. The number of anilines is 2. The van der Waals surface area contributed by atoms with Crippen molar-refractivity contribution >= 4 is 40.6 Å². The average Bonchev–Trinajstić information content (AvgIpc) is 2.66. The Morgan fingerprint density at radius 1 is 1.12 bits per heavy atom. The molecule has 0 radical (unpaired) electrons. The normalized spacial score (nSPS) is 13.8. The SMILES string of the molecule is O=C(Nc1c(Cl)cccc1Cl)c1cnc(NCCC2=CCCCC2)cn1. The molecule has 2 N–H and O–H groups in total. The van der Waals surface area contributed by atoms with E-state index in [-0.39, 0.29) is 5.69 Å². The molecule has 0 fully saturated rings. The number of rotatable bonds is 6. The molecule has 1 heterocycles. The number of para-hydroxylation sites is 1. The van der Waals surface area contributed by atoms with E-state index in [9.17, 15) is 4.79 Å². The van der Waals surface area contributed by atoms with Gasteiger partial charge in [0, 0.05) is 6.54 Å². The summed E-state index contributed by atoms with van der Waals surface area (Å²) < 4.78 is 0. The summed E-state index contributed by atoms with van der Waals surface area (Å²) >= 11 is 12.1. The van der Waals surface area contributed by atoms with E-state index in [4.69, 9.17) is 23.2 Å². The minimum absolute atomic E-state index is 0.196. The Kier molecular flexibility index (Phi) is 6.47. The molecule has 1 aliphatic rings. The molecule has 0 aliphatic heterocycles. The molecule has 26 heavy (non-hydrogen) atoms. The topological polar surface area (TPSA) is 66.9 Å². The third kappa shape index (κ3) is 4.96. The quantitative estimate of drug-likeness (QED) is 0.653. The summed E-state index contributed by atoms with van der Waals surface area (Å²) in [5.74, 6) is 0.236. The first kappa shape index (κ1) is 18.7. The van der Waals surface area contributed by atoms with Crippen molar-refractivity contribution in [2.45, 2.75) is 32.1 Å². The van der Waals surface area contributed by atoms with Gasteiger partial charge < -0.3 is 10.6 Å². The molecule has 0 spiro atoms. The maximum Gasteiger partial charge on any atom is 0.275 e. The van der Waals surface area contributed by atoms with Crippen LogP contribution in [0.1, 0.15) is 42.6 Å². The zero-order chi connectivity index (χ0) is 18.4. The van der Waals surface area contributed by atoms with E-state index in [0.29, 0.717) is 21.6 Å². The second-order valence-electron chi connectivity index (χ2n) is 6.12. The summed E-state index contributed by atoms with van der Waals surface area (Å²) in [7, 11) is 0. The van der Waals surface area contributed by atoms with Crippen LogP contribution in [-0.2, 0) is 0 Å². The minimum atomic E-state index is -0.411. The van der Waals surface area contributed by atoms with E-state index in [1.165, 1.54) is 37.5 Å². The van der Waals surface area contributed by atoms with Gasteiger partial charge in [-0.3, -0.25) is 4.79 Å².